The Morgan fingerprint density at radius 1 is 1.15 bits per heavy atom. The number of aryl methyl sites for hydroxylation is 1. The summed E-state index contributed by atoms with van der Waals surface area (Å²) in [7, 11) is 0. The highest BCUT2D eigenvalue weighted by Crippen LogP contribution is 2.22. The molecule has 1 amide bonds. The number of benzene rings is 1. The van der Waals surface area contributed by atoms with E-state index in [4.69, 9.17) is 0 Å². The molecule has 0 aliphatic carbocycles. The Bertz CT molecular complexity index is 744. The first-order chi connectivity index (χ1) is 12.6. The summed E-state index contributed by atoms with van der Waals surface area (Å²) in [5.74, 6) is 0.0995. The fraction of sp³-hybridized carbons (Fsp3) is 0.524. The SMILES string of the molecule is Cc1ccccc1-n1ncc(C(C)NC(=O)CN2CCCCCC2)c1C. The number of nitrogens with zero attached hydrogens (tertiary/aromatic N) is 3. The van der Waals surface area contributed by atoms with E-state index >= 15 is 0 Å². The van der Waals surface area contributed by atoms with Crippen LogP contribution in [0.2, 0.25) is 0 Å². The van der Waals surface area contributed by atoms with Crippen molar-refractivity contribution in [2.45, 2.75) is 52.5 Å². The number of carbonyl (C=O) groups is 1. The van der Waals surface area contributed by atoms with Crippen LogP contribution in [0.5, 0.6) is 0 Å². The van der Waals surface area contributed by atoms with Gasteiger partial charge in [0.25, 0.3) is 0 Å². The van der Waals surface area contributed by atoms with Gasteiger partial charge in [-0.25, -0.2) is 4.68 Å². The highest BCUT2D eigenvalue weighted by atomic mass is 16.2. The number of hydrogen-bond acceptors (Lipinski definition) is 3. The lowest BCUT2D eigenvalue weighted by atomic mass is 10.1. The quantitative estimate of drug-likeness (QED) is 0.893. The summed E-state index contributed by atoms with van der Waals surface area (Å²) in [6.45, 7) is 8.74. The molecule has 1 unspecified atom stereocenters. The number of carbonyl (C=O) groups excluding carboxylic acids is 1. The highest BCUT2D eigenvalue weighted by Gasteiger charge is 2.19. The summed E-state index contributed by atoms with van der Waals surface area (Å²) in [5.41, 5.74) is 4.40. The summed E-state index contributed by atoms with van der Waals surface area (Å²) in [6, 6.07) is 8.16. The molecule has 1 aliphatic heterocycles. The maximum absolute atomic E-state index is 12.5. The van der Waals surface area contributed by atoms with Crippen molar-refractivity contribution in [3.63, 3.8) is 0 Å². The van der Waals surface area contributed by atoms with E-state index in [1.807, 2.05) is 29.9 Å². The van der Waals surface area contributed by atoms with Crippen molar-refractivity contribution >= 4 is 5.91 Å². The van der Waals surface area contributed by atoms with Crippen molar-refractivity contribution in [2.75, 3.05) is 19.6 Å². The molecule has 5 heteroatoms. The van der Waals surface area contributed by atoms with E-state index in [2.05, 4.69) is 41.3 Å². The Labute approximate surface area is 156 Å². The van der Waals surface area contributed by atoms with Gasteiger partial charge in [0.05, 0.1) is 24.5 Å². The molecule has 0 bridgehead atoms. The van der Waals surface area contributed by atoms with Crippen molar-refractivity contribution in [3.8, 4) is 5.69 Å². The Morgan fingerprint density at radius 2 is 1.85 bits per heavy atom. The number of nitrogens with one attached hydrogen (secondary N) is 1. The maximum atomic E-state index is 12.5. The van der Waals surface area contributed by atoms with E-state index in [-0.39, 0.29) is 11.9 Å². The van der Waals surface area contributed by atoms with E-state index in [9.17, 15) is 4.79 Å². The first-order valence-electron chi connectivity index (χ1n) is 9.68. The number of aromatic nitrogens is 2. The fourth-order valence-electron chi connectivity index (χ4n) is 3.75. The van der Waals surface area contributed by atoms with Gasteiger partial charge in [0.2, 0.25) is 5.91 Å². The molecule has 0 spiro atoms. The van der Waals surface area contributed by atoms with Gasteiger partial charge in [-0.3, -0.25) is 9.69 Å². The average Bonchev–Trinajstić information content (AvgIpc) is 2.81. The lowest BCUT2D eigenvalue weighted by Crippen LogP contribution is -2.38. The predicted molar refractivity (Wildman–Crippen MR) is 105 cm³/mol. The van der Waals surface area contributed by atoms with Gasteiger partial charge in [0.15, 0.2) is 0 Å². The Morgan fingerprint density at radius 3 is 2.54 bits per heavy atom. The van der Waals surface area contributed by atoms with Crippen molar-refractivity contribution in [3.05, 3.63) is 47.3 Å². The largest absolute Gasteiger partial charge is 0.348 e. The summed E-state index contributed by atoms with van der Waals surface area (Å²) in [4.78, 5) is 14.7. The summed E-state index contributed by atoms with van der Waals surface area (Å²) < 4.78 is 1.96. The second kappa shape index (κ2) is 8.49. The van der Waals surface area contributed by atoms with Crippen LogP contribution in [0.25, 0.3) is 5.69 Å². The zero-order valence-electron chi connectivity index (χ0n) is 16.2. The van der Waals surface area contributed by atoms with Crippen LogP contribution in [0.15, 0.2) is 30.5 Å². The summed E-state index contributed by atoms with van der Waals surface area (Å²) in [5, 5.41) is 7.71. The number of para-hydroxylation sites is 1. The number of likely N-dealkylation sites (tertiary alicyclic amines) is 1. The highest BCUT2D eigenvalue weighted by molar-refractivity contribution is 5.78. The molecule has 140 valence electrons. The molecule has 2 heterocycles. The van der Waals surface area contributed by atoms with Crippen molar-refractivity contribution < 1.29 is 4.79 Å². The smallest absolute Gasteiger partial charge is 0.234 e. The second-order valence-electron chi connectivity index (χ2n) is 7.36. The Hall–Kier alpha value is -2.14. The van der Waals surface area contributed by atoms with Crippen LogP contribution in [0.4, 0.5) is 0 Å². The van der Waals surface area contributed by atoms with Crippen LogP contribution >= 0.6 is 0 Å². The van der Waals surface area contributed by atoms with Gasteiger partial charge in [-0.05, 0) is 58.3 Å². The van der Waals surface area contributed by atoms with E-state index < -0.39 is 0 Å². The first kappa shape index (κ1) is 18.6. The second-order valence-corrected chi connectivity index (χ2v) is 7.36. The van der Waals surface area contributed by atoms with E-state index in [0.717, 1.165) is 30.0 Å². The molecule has 0 radical (unpaired) electrons. The minimum absolute atomic E-state index is 0.0488. The number of rotatable bonds is 5. The molecule has 5 nitrogen and oxygen atoms in total. The van der Waals surface area contributed by atoms with Gasteiger partial charge < -0.3 is 5.32 Å². The van der Waals surface area contributed by atoms with Crippen molar-refractivity contribution in [1.29, 1.82) is 0 Å². The predicted octanol–water partition coefficient (Wildman–Crippen LogP) is 3.54. The van der Waals surface area contributed by atoms with Crippen LogP contribution in [0, 0.1) is 13.8 Å². The maximum Gasteiger partial charge on any atom is 0.234 e. The molecule has 2 aromatic rings. The lowest BCUT2D eigenvalue weighted by molar-refractivity contribution is -0.122. The topological polar surface area (TPSA) is 50.2 Å². The number of amides is 1. The molecule has 1 aliphatic rings. The van der Waals surface area contributed by atoms with Crippen LogP contribution < -0.4 is 5.32 Å². The molecule has 1 atom stereocenters. The van der Waals surface area contributed by atoms with E-state index in [0.29, 0.717) is 6.54 Å². The molecule has 1 saturated heterocycles. The van der Waals surface area contributed by atoms with E-state index in [1.54, 1.807) is 0 Å². The molecule has 0 saturated carbocycles. The molecule has 1 aromatic heterocycles. The summed E-state index contributed by atoms with van der Waals surface area (Å²) in [6.07, 6.45) is 6.84. The fourth-order valence-corrected chi connectivity index (χ4v) is 3.75. The van der Waals surface area contributed by atoms with Crippen LogP contribution in [0.1, 0.15) is 55.5 Å². The molecule has 1 N–H and O–H groups in total. The van der Waals surface area contributed by atoms with E-state index in [1.165, 1.54) is 31.2 Å². The Kier molecular flexibility index (Phi) is 6.09. The molecule has 1 aromatic carbocycles. The monoisotopic (exact) mass is 354 g/mol. The zero-order chi connectivity index (χ0) is 18.5. The van der Waals surface area contributed by atoms with Gasteiger partial charge in [0.1, 0.15) is 0 Å². The Balaban J connectivity index is 1.65. The van der Waals surface area contributed by atoms with Crippen LogP contribution in [-0.2, 0) is 4.79 Å². The minimum Gasteiger partial charge on any atom is -0.348 e. The van der Waals surface area contributed by atoms with Crippen molar-refractivity contribution in [2.24, 2.45) is 0 Å². The third kappa shape index (κ3) is 4.33. The lowest BCUT2D eigenvalue weighted by Gasteiger charge is -2.21. The standard InChI is InChI=1S/C21H30N4O/c1-16-10-6-7-11-20(16)25-18(3)19(14-22-25)17(2)23-21(26)15-24-12-8-4-5-9-13-24/h6-7,10-11,14,17H,4-5,8-9,12-13,15H2,1-3H3,(H,23,26). The van der Waals surface area contributed by atoms with Crippen LogP contribution in [0.3, 0.4) is 0 Å². The molecule has 1 fully saturated rings. The number of hydrogen-bond donors (Lipinski definition) is 1. The summed E-state index contributed by atoms with van der Waals surface area (Å²) >= 11 is 0. The molecular weight excluding hydrogens is 324 g/mol. The first-order valence-corrected chi connectivity index (χ1v) is 9.68. The third-order valence-corrected chi connectivity index (χ3v) is 5.30. The van der Waals surface area contributed by atoms with Gasteiger partial charge in [-0.1, -0.05) is 31.0 Å². The van der Waals surface area contributed by atoms with Crippen LogP contribution in [-0.4, -0.2) is 40.2 Å². The van der Waals surface area contributed by atoms with Gasteiger partial charge in [0, 0.05) is 11.3 Å². The zero-order valence-corrected chi connectivity index (χ0v) is 16.2. The third-order valence-electron chi connectivity index (χ3n) is 5.30. The normalized spacial score (nSPS) is 16.9. The average molecular weight is 354 g/mol. The molecule has 3 rings (SSSR count). The van der Waals surface area contributed by atoms with Gasteiger partial charge >= 0.3 is 0 Å². The molecule has 26 heavy (non-hydrogen) atoms. The minimum atomic E-state index is -0.0488. The van der Waals surface area contributed by atoms with Gasteiger partial charge in [-0.15, -0.1) is 0 Å². The molecular formula is C21H30N4O. The van der Waals surface area contributed by atoms with Crippen molar-refractivity contribution in [1.82, 2.24) is 20.0 Å². The van der Waals surface area contributed by atoms with Gasteiger partial charge in [-0.2, -0.15) is 5.10 Å².